The zero-order valence-corrected chi connectivity index (χ0v) is 12.8. The van der Waals surface area contributed by atoms with Crippen molar-refractivity contribution in [2.45, 2.75) is 19.4 Å². The molecule has 0 aliphatic carbocycles. The van der Waals surface area contributed by atoms with E-state index in [2.05, 4.69) is 15.9 Å². The van der Waals surface area contributed by atoms with Gasteiger partial charge in [-0.05, 0) is 41.1 Å². The van der Waals surface area contributed by atoms with Gasteiger partial charge in [-0.2, -0.15) is 0 Å². The Balaban J connectivity index is 2.44. The van der Waals surface area contributed by atoms with Gasteiger partial charge in [0.15, 0.2) is 11.1 Å². The lowest BCUT2D eigenvalue weighted by Gasteiger charge is -2.15. The number of hydrogen-bond donors (Lipinski definition) is 0. The minimum absolute atomic E-state index is 0.0176. The number of ether oxygens (including phenoxy) is 1. The molecule has 6 heteroatoms. The molecule has 0 saturated heterocycles. The molecule has 0 radical (unpaired) electrons. The Labute approximate surface area is 117 Å². The normalized spacial score (nSPS) is 14.4. The summed E-state index contributed by atoms with van der Waals surface area (Å²) in [6, 6.07) is 5.36. The van der Waals surface area contributed by atoms with Crippen LogP contribution >= 0.6 is 27.5 Å². The van der Waals surface area contributed by atoms with Crippen LogP contribution in [-0.2, 0) is 15.3 Å². The smallest absolute Gasteiger partial charge is 0.152 e. The second-order valence-electron chi connectivity index (χ2n) is 3.52. The highest BCUT2D eigenvalue weighted by atomic mass is 79.9. The summed E-state index contributed by atoms with van der Waals surface area (Å²) in [5.74, 6) is 0.736. The maximum atomic E-state index is 10.7. The van der Waals surface area contributed by atoms with Gasteiger partial charge in [0, 0.05) is 17.7 Å². The Morgan fingerprint density at radius 1 is 1.53 bits per heavy atom. The molecule has 3 nitrogen and oxygen atoms in total. The van der Waals surface area contributed by atoms with Crippen LogP contribution in [0.15, 0.2) is 22.7 Å². The van der Waals surface area contributed by atoms with Crippen LogP contribution in [-0.4, -0.2) is 23.2 Å². The summed E-state index contributed by atoms with van der Waals surface area (Å²) in [4.78, 5) is 0. The number of halogens is 2. The van der Waals surface area contributed by atoms with Gasteiger partial charge in [0.05, 0.1) is 17.2 Å². The van der Waals surface area contributed by atoms with Crippen LogP contribution < -0.4 is 4.74 Å². The molecule has 0 heterocycles. The highest BCUT2D eigenvalue weighted by Crippen LogP contribution is 2.29. The van der Waals surface area contributed by atoms with E-state index in [-0.39, 0.29) is 6.10 Å². The second kappa shape index (κ2) is 7.36. The molecule has 0 bridgehead atoms. The highest BCUT2D eigenvalue weighted by molar-refractivity contribution is 9.10. The third-order valence-electron chi connectivity index (χ3n) is 2.00. The Hall–Kier alpha value is -0.100. The lowest BCUT2D eigenvalue weighted by Crippen LogP contribution is -2.15. The fourth-order valence-corrected chi connectivity index (χ4v) is 2.28. The topological polar surface area (TPSA) is 35.5 Å². The van der Waals surface area contributed by atoms with Crippen molar-refractivity contribution in [3.05, 3.63) is 27.7 Å². The molecule has 0 N–H and O–H groups in total. The zero-order valence-electron chi connectivity index (χ0n) is 9.61. The Morgan fingerprint density at radius 3 is 2.82 bits per heavy atom. The molecule has 1 aromatic rings. The standard InChI is InChI=1S/C11H14BrClO3S/c1-8(5-6-15-17(2)14)16-11-4-3-9(13)7-10(11)12/h3-4,7-8H,5-6H2,1-2H3/t8-,17?/m1/s1. The van der Waals surface area contributed by atoms with Crippen molar-refractivity contribution in [2.24, 2.45) is 0 Å². The van der Waals surface area contributed by atoms with Gasteiger partial charge in [-0.25, -0.2) is 4.21 Å². The number of hydrogen-bond acceptors (Lipinski definition) is 3. The van der Waals surface area contributed by atoms with Gasteiger partial charge in [-0.15, -0.1) is 0 Å². The molecule has 0 aromatic heterocycles. The van der Waals surface area contributed by atoms with Crippen molar-refractivity contribution in [1.82, 2.24) is 0 Å². The largest absolute Gasteiger partial charge is 0.489 e. The molecule has 96 valence electrons. The van der Waals surface area contributed by atoms with Crippen molar-refractivity contribution < 1.29 is 13.1 Å². The third-order valence-corrected chi connectivity index (χ3v) is 3.35. The van der Waals surface area contributed by atoms with Crippen LogP contribution in [0.5, 0.6) is 5.75 Å². The Bertz CT molecular complexity index is 400. The minimum Gasteiger partial charge on any atom is -0.489 e. The summed E-state index contributed by atoms with van der Waals surface area (Å²) in [5, 5.41) is 0.654. The SMILES string of the molecule is C[C@H](CCOS(C)=O)Oc1ccc(Cl)cc1Br. The maximum absolute atomic E-state index is 10.7. The van der Waals surface area contributed by atoms with Crippen LogP contribution in [0.3, 0.4) is 0 Å². The van der Waals surface area contributed by atoms with Crippen LogP contribution in [0.25, 0.3) is 0 Å². The van der Waals surface area contributed by atoms with Crippen LogP contribution in [0.4, 0.5) is 0 Å². The summed E-state index contributed by atoms with van der Waals surface area (Å²) in [6.07, 6.45) is 2.16. The molecule has 0 amide bonds. The molecular formula is C11H14BrClO3S. The fraction of sp³-hybridized carbons (Fsp3) is 0.455. The van der Waals surface area contributed by atoms with Gasteiger partial charge in [0.1, 0.15) is 5.75 Å². The molecule has 17 heavy (non-hydrogen) atoms. The van der Waals surface area contributed by atoms with E-state index in [1.165, 1.54) is 6.26 Å². The van der Waals surface area contributed by atoms with Crippen molar-refractivity contribution in [3.8, 4) is 5.75 Å². The van der Waals surface area contributed by atoms with Gasteiger partial charge in [0.25, 0.3) is 0 Å². The Kier molecular flexibility index (Phi) is 6.48. The molecule has 2 atom stereocenters. The molecule has 0 spiro atoms. The first kappa shape index (κ1) is 15.0. The predicted octanol–water partition coefficient (Wildman–Crippen LogP) is 3.57. The van der Waals surface area contributed by atoms with E-state index in [4.69, 9.17) is 20.5 Å². The van der Waals surface area contributed by atoms with Gasteiger partial charge in [-0.1, -0.05) is 11.6 Å². The summed E-state index contributed by atoms with van der Waals surface area (Å²) < 4.78 is 22.2. The molecular weight excluding hydrogens is 328 g/mol. The average Bonchev–Trinajstić information content (AvgIpc) is 2.21. The van der Waals surface area contributed by atoms with Crippen LogP contribution in [0, 0.1) is 0 Å². The summed E-state index contributed by atoms with van der Waals surface area (Å²) in [7, 11) is 0. The van der Waals surface area contributed by atoms with Gasteiger partial charge < -0.3 is 4.74 Å². The summed E-state index contributed by atoms with van der Waals surface area (Å²) in [6.45, 7) is 2.35. The second-order valence-corrected chi connectivity index (χ2v) is 5.84. The minimum atomic E-state index is -1.22. The van der Waals surface area contributed by atoms with Crippen molar-refractivity contribution in [3.63, 3.8) is 0 Å². The number of benzene rings is 1. The number of rotatable bonds is 6. The quantitative estimate of drug-likeness (QED) is 0.793. The van der Waals surface area contributed by atoms with Gasteiger partial charge >= 0.3 is 0 Å². The lowest BCUT2D eigenvalue weighted by molar-refractivity contribution is 0.182. The van der Waals surface area contributed by atoms with E-state index >= 15 is 0 Å². The van der Waals surface area contributed by atoms with E-state index in [0.29, 0.717) is 18.1 Å². The maximum Gasteiger partial charge on any atom is 0.152 e. The van der Waals surface area contributed by atoms with Gasteiger partial charge in [0.2, 0.25) is 0 Å². The average molecular weight is 342 g/mol. The first-order chi connectivity index (χ1) is 7.99. The fourth-order valence-electron chi connectivity index (χ4n) is 1.18. The first-order valence-corrected chi connectivity index (χ1v) is 7.73. The third kappa shape index (κ3) is 5.86. The molecule has 0 aliphatic rings. The van der Waals surface area contributed by atoms with E-state index in [9.17, 15) is 4.21 Å². The van der Waals surface area contributed by atoms with Crippen LogP contribution in [0.2, 0.25) is 5.02 Å². The highest BCUT2D eigenvalue weighted by Gasteiger charge is 2.08. The molecule has 0 aliphatic heterocycles. The summed E-state index contributed by atoms with van der Waals surface area (Å²) >= 11 is 7.99. The lowest BCUT2D eigenvalue weighted by atomic mass is 10.3. The van der Waals surface area contributed by atoms with E-state index in [1.54, 1.807) is 12.1 Å². The summed E-state index contributed by atoms with van der Waals surface area (Å²) in [5.41, 5.74) is 0. The first-order valence-electron chi connectivity index (χ1n) is 5.07. The molecule has 1 unspecified atom stereocenters. The van der Waals surface area contributed by atoms with E-state index < -0.39 is 11.1 Å². The molecule has 0 saturated carbocycles. The predicted molar refractivity (Wildman–Crippen MR) is 73.9 cm³/mol. The van der Waals surface area contributed by atoms with Gasteiger partial charge in [-0.3, -0.25) is 4.18 Å². The van der Waals surface area contributed by atoms with E-state index in [0.717, 1.165) is 10.2 Å². The molecule has 1 aromatic carbocycles. The van der Waals surface area contributed by atoms with Crippen molar-refractivity contribution in [2.75, 3.05) is 12.9 Å². The molecule has 1 rings (SSSR count). The van der Waals surface area contributed by atoms with Crippen molar-refractivity contribution in [1.29, 1.82) is 0 Å². The monoisotopic (exact) mass is 340 g/mol. The molecule has 0 fully saturated rings. The zero-order chi connectivity index (χ0) is 12.8. The van der Waals surface area contributed by atoms with Crippen molar-refractivity contribution >= 4 is 38.6 Å². The van der Waals surface area contributed by atoms with E-state index in [1.807, 2.05) is 13.0 Å². The van der Waals surface area contributed by atoms with Crippen LogP contribution in [0.1, 0.15) is 13.3 Å². The Morgan fingerprint density at radius 2 is 2.24 bits per heavy atom.